The van der Waals surface area contributed by atoms with E-state index >= 15 is 0 Å². The summed E-state index contributed by atoms with van der Waals surface area (Å²) in [6.45, 7) is 5.72. The van der Waals surface area contributed by atoms with E-state index in [0.717, 1.165) is 39.3 Å². The summed E-state index contributed by atoms with van der Waals surface area (Å²) in [5.74, 6) is 0.866. The molecule has 0 saturated carbocycles. The van der Waals surface area contributed by atoms with Gasteiger partial charge in [0.05, 0.1) is 19.8 Å². The highest BCUT2D eigenvalue weighted by molar-refractivity contribution is 14.0. The average molecular weight is 555 g/mol. The summed E-state index contributed by atoms with van der Waals surface area (Å²) < 4.78 is 43.1. The standard InChI is InChI=1S/C21H32F3N5O.HI/c1-25-20(26-12-17-6-7-29(14-17)16-21(22,23)24)27-13-18-4-2-3-5-19(18)15-28-8-10-30-11-9-28;/h2-5,17H,6-16H2,1H3,(H2,25,26,27);1H. The molecule has 0 aliphatic carbocycles. The largest absolute Gasteiger partial charge is 0.401 e. The number of alkyl halides is 3. The van der Waals surface area contributed by atoms with Crippen molar-refractivity contribution in [2.75, 3.05) is 59.5 Å². The normalized spacial score (nSPS) is 21.0. The van der Waals surface area contributed by atoms with Crippen molar-refractivity contribution in [2.24, 2.45) is 10.9 Å². The van der Waals surface area contributed by atoms with E-state index < -0.39 is 12.7 Å². The van der Waals surface area contributed by atoms with Crippen LogP contribution in [0.1, 0.15) is 17.5 Å². The molecule has 0 bridgehead atoms. The van der Waals surface area contributed by atoms with Gasteiger partial charge in [-0.2, -0.15) is 13.2 Å². The number of nitrogens with zero attached hydrogens (tertiary/aromatic N) is 3. The molecule has 10 heteroatoms. The van der Waals surface area contributed by atoms with Crippen LogP contribution in [-0.2, 0) is 17.8 Å². The van der Waals surface area contributed by atoms with Crippen LogP contribution in [0.3, 0.4) is 0 Å². The fourth-order valence-corrected chi connectivity index (χ4v) is 4.00. The number of halogens is 4. The molecule has 2 aliphatic rings. The second kappa shape index (κ2) is 12.8. The van der Waals surface area contributed by atoms with Gasteiger partial charge in [0.1, 0.15) is 0 Å². The highest BCUT2D eigenvalue weighted by atomic mass is 127. The van der Waals surface area contributed by atoms with Crippen molar-refractivity contribution in [1.29, 1.82) is 0 Å². The number of rotatable bonds is 7. The smallest absolute Gasteiger partial charge is 0.379 e. The molecular weight excluding hydrogens is 522 g/mol. The number of nitrogens with one attached hydrogen (secondary N) is 2. The van der Waals surface area contributed by atoms with Crippen molar-refractivity contribution in [3.63, 3.8) is 0 Å². The van der Waals surface area contributed by atoms with E-state index in [9.17, 15) is 13.2 Å². The Hall–Kier alpha value is -1.11. The Morgan fingerprint density at radius 2 is 1.81 bits per heavy atom. The minimum Gasteiger partial charge on any atom is -0.379 e. The molecule has 1 atom stereocenters. The van der Waals surface area contributed by atoms with E-state index in [2.05, 4.69) is 38.7 Å². The third-order valence-corrected chi connectivity index (χ3v) is 5.62. The van der Waals surface area contributed by atoms with Gasteiger partial charge in [-0.05, 0) is 30.0 Å². The van der Waals surface area contributed by atoms with E-state index in [4.69, 9.17) is 4.74 Å². The second-order valence-electron chi connectivity index (χ2n) is 7.97. The molecule has 2 saturated heterocycles. The molecule has 1 aromatic rings. The first kappa shape index (κ1) is 26.1. The third kappa shape index (κ3) is 9.11. The van der Waals surface area contributed by atoms with Gasteiger partial charge in [-0.1, -0.05) is 24.3 Å². The van der Waals surface area contributed by atoms with Crippen LogP contribution in [0.15, 0.2) is 29.3 Å². The highest BCUT2D eigenvalue weighted by Crippen LogP contribution is 2.22. The van der Waals surface area contributed by atoms with Crippen LogP contribution in [0.5, 0.6) is 0 Å². The van der Waals surface area contributed by atoms with E-state index in [-0.39, 0.29) is 29.9 Å². The fourth-order valence-electron chi connectivity index (χ4n) is 4.00. The molecule has 0 spiro atoms. The molecule has 2 heterocycles. The Balaban J connectivity index is 0.00000341. The highest BCUT2D eigenvalue weighted by Gasteiger charge is 2.34. The Bertz CT molecular complexity index is 698. The van der Waals surface area contributed by atoms with E-state index in [1.165, 1.54) is 16.0 Å². The predicted octanol–water partition coefficient (Wildman–Crippen LogP) is 2.69. The zero-order valence-electron chi connectivity index (χ0n) is 18.0. The van der Waals surface area contributed by atoms with Crippen molar-refractivity contribution in [3.8, 4) is 0 Å². The van der Waals surface area contributed by atoms with Gasteiger partial charge in [0.2, 0.25) is 0 Å². The maximum absolute atomic E-state index is 12.5. The first-order chi connectivity index (χ1) is 14.4. The second-order valence-corrected chi connectivity index (χ2v) is 7.97. The van der Waals surface area contributed by atoms with E-state index in [1.54, 1.807) is 7.05 Å². The molecule has 2 fully saturated rings. The summed E-state index contributed by atoms with van der Waals surface area (Å²) >= 11 is 0. The minimum absolute atomic E-state index is 0. The molecule has 1 unspecified atom stereocenters. The quantitative estimate of drug-likeness (QED) is 0.308. The van der Waals surface area contributed by atoms with Crippen LogP contribution in [0.2, 0.25) is 0 Å². The molecule has 0 radical (unpaired) electrons. The zero-order valence-corrected chi connectivity index (χ0v) is 20.3. The maximum atomic E-state index is 12.5. The summed E-state index contributed by atoms with van der Waals surface area (Å²) in [4.78, 5) is 8.13. The Morgan fingerprint density at radius 1 is 1.10 bits per heavy atom. The van der Waals surface area contributed by atoms with Crippen molar-refractivity contribution in [3.05, 3.63) is 35.4 Å². The average Bonchev–Trinajstić information content (AvgIpc) is 3.15. The lowest BCUT2D eigenvalue weighted by atomic mass is 10.1. The monoisotopic (exact) mass is 555 g/mol. The molecule has 2 aliphatic heterocycles. The molecule has 2 N–H and O–H groups in total. The van der Waals surface area contributed by atoms with E-state index in [1.807, 2.05) is 6.07 Å². The van der Waals surface area contributed by atoms with Crippen molar-refractivity contribution >= 4 is 29.9 Å². The number of guanidine groups is 1. The summed E-state index contributed by atoms with van der Waals surface area (Å²) in [6, 6.07) is 8.35. The SMILES string of the molecule is CN=C(NCc1ccccc1CN1CCOCC1)NCC1CCN(CC(F)(F)F)C1.I. The molecule has 3 rings (SSSR count). The first-order valence-corrected chi connectivity index (χ1v) is 10.5. The number of morpholine rings is 1. The zero-order chi connectivity index (χ0) is 21.4. The van der Waals surface area contributed by atoms with Crippen LogP contribution >= 0.6 is 24.0 Å². The lowest BCUT2D eigenvalue weighted by Gasteiger charge is -2.27. The van der Waals surface area contributed by atoms with Gasteiger partial charge in [0.25, 0.3) is 0 Å². The summed E-state index contributed by atoms with van der Waals surface area (Å²) in [7, 11) is 1.71. The summed E-state index contributed by atoms with van der Waals surface area (Å²) in [5, 5.41) is 6.61. The van der Waals surface area contributed by atoms with Crippen molar-refractivity contribution in [2.45, 2.75) is 25.7 Å². The number of likely N-dealkylation sites (tertiary alicyclic amines) is 1. The van der Waals surface area contributed by atoms with Crippen LogP contribution in [0.4, 0.5) is 13.2 Å². The molecule has 31 heavy (non-hydrogen) atoms. The molecule has 0 aromatic heterocycles. The minimum atomic E-state index is -4.13. The van der Waals surface area contributed by atoms with Gasteiger partial charge in [-0.3, -0.25) is 14.8 Å². The molecule has 1 aromatic carbocycles. The molecule has 6 nitrogen and oxygen atoms in total. The number of hydrogen-bond acceptors (Lipinski definition) is 4. The number of hydrogen-bond donors (Lipinski definition) is 2. The first-order valence-electron chi connectivity index (χ1n) is 10.5. The van der Waals surface area contributed by atoms with Gasteiger partial charge < -0.3 is 15.4 Å². The van der Waals surface area contributed by atoms with Crippen LogP contribution < -0.4 is 10.6 Å². The lowest BCUT2D eigenvalue weighted by molar-refractivity contribution is -0.143. The fraction of sp³-hybridized carbons (Fsp3) is 0.667. The van der Waals surface area contributed by atoms with Gasteiger partial charge in [-0.25, -0.2) is 0 Å². The van der Waals surface area contributed by atoms with Crippen molar-refractivity contribution < 1.29 is 17.9 Å². The topological polar surface area (TPSA) is 52.1 Å². The van der Waals surface area contributed by atoms with Crippen molar-refractivity contribution in [1.82, 2.24) is 20.4 Å². The van der Waals surface area contributed by atoms with Crippen LogP contribution in [0.25, 0.3) is 0 Å². The summed E-state index contributed by atoms with van der Waals surface area (Å²) in [6.07, 6.45) is -3.36. The van der Waals surface area contributed by atoms with Gasteiger partial charge in [0.15, 0.2) is 5.96 Å². The third-order valence-electron chi connectivity index (χ3n) is 5.62. The van der Waals surface area contributed by atoms with Gasteiger partial charge >= 0.3 is 6.18 Å². The predicted molar refractivity (Wildman–Crippen MR) is 127 cm³/mol. The Morgan fingerprint density at radius 3 is 2.48 bits per heavy atom. The summed E-state index contributed by atoms with van der Waals surface area (Å²) in [5.41, 5.74) is 2.49. The number of benzene rings is 1. The van der Waals surface area contributed by atoms with Crippen LogP contribution in [0, 0.1) is 5.92 Å². The van der Waals surface area contributed by atoms with Gasteiger partial charge in [0, 0.05) is 46.3 Å². The Labute approximate surface area is 199 Å². The number of aliphatic imine (C=N–C) groups is 1. The molecular formula is C21H33F3IN5O. The van der Waals surface area contributed by atoms with E-state index in [0.29, 0.717) is 32.1 Å². The number of ether oxygens (including phenoxy) is 1. The molecule has 0 amide bonds. The molecule has 176 valence electrons. The van der Waals surface area contributed by atoms with Gasteiger partial charge in [-0.15, -0.1) is 24.0 Å². The Kier molecular flexibility index (Phi) is 10.8. The maximum Gasteiger partial charge on any atom is 0.401 e. The van der Waals surface area contributed by atoms with Crippen LogP contribution in [-0.4, -0.2) is 81.5 Å². The lowest BCUT2D eigenvalue weighted by Crippen LogP contribution is -2.40.